The van der Waals surface area contributed by atoms with Crippen LogP contribution in [0.15, 0.2) is 84.9 Å². The first-order chi connectivity index (χ1) is 26.8. The second-order valence-corrected chi connectivity index (χ2v) is 17.6. The van der Waals surface area contributed by atoms with E-state index >= 15 is 0 Å². The Morgan fingerprint density at radius 1 is 0.419 bits per heavy atom. The van der Waals surface area contributed by atoms with E-state index in [9.17, 15) is 52.7 Å². The van der Waals surface area contributed by atoms with E-state index in [4.69, 9.17) is 0 Å². The van der Waals surface area contributed by atoms with Gasteiger partial charge in [0.25, 0.3) is 0 Å². The van der Waals surface area contributed by atoms with Gasteiger partial charge in [-0.3, -0.25) is 0 Å². The van der Waals surface area contributed by atoms with E-state index in [1.165, 1.54) is 0 Å². The van der Waals surface area contributed by atoms with Gasteiger partial charge < -0.3 is 14.9 Å². The van der Waals surface area contributed by atoms with Gasteiger partial charge in [0.1, 0.15) is 0 Å². The van der Waals surface area contributed by atoms with E-state index in [-0.39, 0.29) is 64.3 Å². The molecular formula is C48H50F12SiZr. The van der Waals surface area contributed by atoms with Gasteiger partial charge >= 0.3 is 50.9 Å². The summed E-state index contributed by atoms with van der Waals surface area (Å²) in [6.07, 6.45) is -19.5. The summed E-state index contributed by atoms with van der Waals surface area (Å²) >= 11 is 0. The zero-order valence-electron chi connectivity index (χ0n) is 36.6. The number of hydrogen-bond acceptors (Lipinski definition) is 0. The molecule has 0 atom stereocenters. The molecule has 6 aromatic carbocycles. The fourth-order valence-corrected chi connectivity index (χ4v) is 6.93. The Bertz CT molecular complexity index is 2190. The molecule has 0 spiro atoms. The van der Waals surface area contributed by atoms with E-state index in [1.807, 2.05) is 79.7 Å². The monoisotopic (exact) mass is 972 g/mol. The number of hydrogen-bond donors (Lipinski definition) is 0. The van der Waals surface area contributed by atoms with Crippen molar-refractivity contribution in [3.63, 3.8) is 0 Å². The van der Waals surface area contributed by atoms with Crippen molar-refractivity contribution in [1.29, 1.82) is 0 Å². The van der Waals surface area contributed by atoms with Crippen molar-refractivity contribution in [3.8, 4) is 22.3 Å². The molecule has 0 fully saturated rings. The number of benzene rings is 4. The third-order valence-electron chi connectivity index (χ3n) is 9.44. The first-order valence-corrected chi connectivity index (χ1v) is 20.4. The van der Waals surface area contributed by atoms with Crippen molar-refractivity contribution in [1.82, 2.24) is 0 Å². The maximum absolute atomic E-state index is 13.3. The van der Waals surface area contributed by atoms with Crippen LogP contribution in [0.3, 0.4) is 0 Å². The molecule has 0 saturated carbocycles. The number of aryl methyl sites for hydroxylation is 2. The minimum Gasteiger partial charge on any atom is -0.358 e. The van der Waals surface area contributed by atoms with Crippen LogP contribution in [0, 0.1) is 28.7 Å². The summed E-state index contributed by atoms with van der Waals surface area (Å²) in [6.45, 7) is 19.3. The summed E-state index contributed by atoms with van der Waals surface area (Å²) in [5.74, 6) is 0. The van der Waals surface area contributed by atoms with Crippen molar-refractivity contribution in [2.75, 3.05) is 0 Å². The van der Waals surface area contributed by atoms with E-state index in [0.29, 0.717) is 33.0 Å². The van der Waals surface area contributed by atoms with Crippen molar-refractivity contribution in [3.05, 3.63) is 144 Å². The fourth-order valence-electron chi connectivity index (χ4n) is 6.93. The summed E-state index contributed by atoms with van der Waals surface area (Å²) in [5.41, 5.74) is -2.34. The van der Waals surface area contributed by atoms with Crippen LogP contribution >= 0.6 is 0 Å². The summed E-state index contributed by atoms with van der Waals surface area (Å²) in [6, 6.07) is 18.2. The number of fused-ring (bicyclic) bond motifs is 2. The molecule has 0 aromatic heterocycles. The van der Waals surface area contributed by atoms with Gasteiger partial charge in [0, 0.05) is 9.52 Å². The molecule has 14 heteroatoms. The van der Waals surface area contributed by atoms with E-state index in [1.54, 1.807) is 24.3 Å². The van der Waals surface area contributed by atoms with Crippen LogP contribution in [0.5, 0.6) is 0 Å². The molecule has 0 heterocycles. The summed E-state index contributed by atoms with van der Waals surface area (Å²) in [5, 5.41) is 2.87. The van der Waals surface area contributed by atoms with Gasteiger partial charge in [-0.25, -0.2) is 0 Å². The third kappa shape index (κ3) is 13.2. The molecule has 334 valence electrons. The molecule has 6 rings (SSSR count). The van der Waals surface area contributed by atoms with Crippen molar-refractivity contribution in [2.24, 2.45) is 0 Å². The van der Waals surface area contributed by atoms with Gasteiger partial charge in [0.05, 0.1) is 22.3 Å². The normalized spacial score (nSPS) is 12.4. The summed E-state index contributed by atoms with van der Waals surface area (Å²) in [4.78, 5) is 0. The van der Waals surface area contributed by atoms with Gasteiger partial charge in [-0.1, -0.05) is 90.7 Å². The van der Waals surface area contributed by atoms with Gasteiger partial charge in [0.2, 0.25) is 0 Å². The first kappa shape index (κ1) is 56.4. The van der Waals surface area contributed by atoms with Crippen LogP contribution in [0.1, 0.15) is 86.1 Å². The molecule has 62 heavy (non-hydrogen) atoms. The Morgan fingerprint density at radius 3 is 0.871 bits per heavy atom. The van der Waals surface area contributed by atoms with E-state index in [0.717, 1.165) is 55.7 Å². The van der Waals surface area contributed by atoms with Gasteiger partial charge in [-0.15, -0.1) is 69.1 Å². The maximum atomic E-state index is 13.3. The molecule has 0 amide bonds. The van der Waals surface area contributed by atoms with E-state index in [2.05, 4.69) is 13.1 Å². The quantitative estimate of drug-likeness (QED) is 0.0921. The van der Waals surface area contributed by atoms with Gasteiger partial charge in [-0.05, 0) is 58.4 Å². The largest absolute Gasteiger partial charge is 4.00 e. The van der Waals surface area contributed by atoms with Crippen molar-refractivity contribution >= 4 is 31.1 Å². The molecular weight excluding hydrogens is 924 g/mol. The Hall–Kier alpha value is -3.64. The van der Waals surface area contributed by atoms with Crippen molar-refractivity contribution in [2.45, 2.75) is 104 Å². The molecule has 0 aliphatic rings. The van der Waals surface area contributed by atoms with Crippen LogP contribution in [-0.4, -0.2) is 9.52 Å². The zero-order chi connectivity index (χ0) is 44.8. The minimum absolute atomic E-state index is 0. The minimum atomic E-state index is -4.88. The molecule has 0 unspecified atom stereocenters. The molecule has 0 N–H and O–H groups in total. The summed E-state index contributed by atoms with van der Waals surface area (Å²) in [7, 11) is 1.08. The Kier molecular flexibility index (Phi) is 18.2. The molecule has 6 aromatic rings. The Balaban J connectivity index is 0.000000558. The summed E-state index contributed by atoms with van der Waals surface area (Å²) < 4.78 is 160. The first-order valence-electron chi connectivity index (χ1n) is 18.4. The third-order valence-corrected chi connectivity index (χ3v) is 9.44. The van der Waals surface area contributed by atoms with Crippen LogP contribution in [0.2, 0.25) is 13.1 Å². The van der Waals surface area contributed by atoms with Crippen LogP contribution in [-0.2, 0) is 61.7 Å². The molecule has 0 nitrogen and oxygen atoms in total. The van der Waals surface area contributed by atoms with Crippen molar-refractivity contribution < 1.29 is 78.9 Å². The topological polar surface area (TPSA) is 0 Å². The predicted molar refractivity (Wildman–Crippen MR) is 227 cm³/mol. The number of halogens is 12. The van der Waals surface area contributed by atoms with Crippen LogP contribution < -0.4 is 0 Å². The molecule has 0 bridgehead atoms. The second-order valence-electron chi connectivity index (χ2n) is 16.6. The Labute approximate surface area is 378 Å². The fraction of sp³-hybridized carbons (Fsp3) is 0.333. The molecule has 0 saturated heterocycles. The Morgan fingerprint density at radius 2 is 0.661 bits per heavy atom. The molecule has 0 aliphatic carbocycles. The van der Waals surface area contributed by atoms with Gasteiger partial charge in [-0.2, -0.15) is 64.8 Å². The predicted octanol–water partition coefficient (Wildman–Crippen LogP) is 17.4. The smallest absolute Gasteiger partial charge is 0.358 e. The molecule has 2 radical (unpaired) electrons. The maximum Gasteiger partial charge on any atom is 4.00 e. The number of alkyl halides is 12. The zero-order valence-corrected chi connectivity index (χ0v) is 40.1. The van der Waals surface area contributed by atoms with Crippen LogP contribution in [0.25, 0.3) is 43.8 Å². The average Bonchev–Trinajstić information content (AvgIpc) is 3.65. The van der Waals surface area contributed by atoms with E-state index < -0.39 is 57.8 Å². The standard InChI is InChI=1S/2C22H19F6.C2H6Si.2CH3.Zr/c2*1-12-7-13-5-6-18(20(2,3)4)19(17(13)8-12)14-9-15(21(23,24)25)11-16(10-14)22(26,27)28;1-3-2;;;/h2*5-11H,1-4H3;1-2H3;2*1H3;/q2*-1;;2*-1;+4. The second kappa shape index (κ2) is 20.0. The van der Waals surface area contributed by atoms with Gasteiger partial charge in [0.15, 0.2) is 0 Å². The van der Waals surface area contributed by atoms with Crippen LogP contribution in [0.4, 0.5) is 52.7 Å². The average molecular weight is 974 g/mol. The molecule has 0 aliphatic heterocycles. The SMILES string of the molecule is C[Si]C.Cc1cc2c(-c3cc(C(F)(F)F)cc(C(F)(F)F)c3)c(C(C)(C)C)ccc2[cH-]1.Cc1cc2c(-c3cc(C(F)(F)F)cc(C(F)(F)F)c3)c(C(C)(C)C)ccc2[cH-]1.[CH3-].[CH3-].[Zr+4]. The number of rotatable bonds is 2.